The van der Waals surface area contributed by atoms with Gasteiger partial charge in [-0.2, -0.15) is 17.4 Å². The predicted octanol–water partition coefficient (Wildman–Crippen LogP) is -0.931. The highest BCUT2D eigenvalue weighted by Crippen LogP contribution is 2.25. The van der Waals surface area contributed by atoms with Gasteiger partial charge in [-0.3, -0.25) is 0 Å². The minimum atomic E-state index is -3.66. The summed E-state index contributed by atoms with van der Waals surface area (Å²) in [5.41, 5.74) is 4.72. The van der Waals surface area contributed by atoms with Gasteiger partial charge in [0.05, 0.1) is 11.5 Å². The van der Waals surface area contributed by atoms with Gasteiger partial charge in [-0.1, -0.05) is 0 Å². The lowest BCUT2D eigenvalue weighted by atomic mass is 10.0. The normalized spacial score (nSPS) is 35.2. The van der Waals surface area contributed by atoms with E-state index in [4.69, 9.17) is 5.73 Å². The van der Waals surface area contributed by atoms with Crippen LogP contribution in [-0.4, -0.2) is 57.8 Å². The average Bonchev–Trinajstić information content (AvgIpc) is 2.62. The largest absolute Gasteiger partial charge is 0.330 e. The van der Waals surface area contributed by atoms with Crippen LogP contribution in [0.1, 0.15) is 26.2 Å². The van der Waals surface area contributed by atoms with Gasteiger partial charge in [-0.05, 0) is 38.6 Å². The van der Waals surface area contributed by atoms with Gasteiger partial charge in [0.25, 0.3) is 10.2 Å². The lowest BCUT2D eigenvalue weighted by molar-refractivity contribution is 0.264. The number of hydrogen-bond acceptors (Lipinski definition) is 5. The molecule has 0 saturated carbocycles. The zero-order chi connectivity index (χ0) is 15.0. The van der Waals surface area contributed by atoms with Gasteiger partial charge in [-0.25, -0.2) is 8.42 Å². The molecule has 118 valence electrons. The second-order valence-corrected chi connectivity index (χ2v) is 9.97. The Hall–Kier alpha value is -0.220. The smallest absolute Gasteiger partial charge is 0.279 e. The number of nitrogens with two attached hydrogens (primary N) is 1. The molecule has 2 atom stereocenters. The number of sulfone groups is 1. The van der Waals surface area contributed by atoms with E-state index < -0.39 is 25.6 Å². The van der Waals surface area contributed by atoms with Crippen LogP contribution in [0.15, 0.2) is 0 Å². The quantitative estimate of drug-likeness (QED) is 0.694. The molecule has 9 heteroatoms. The third-order valence-electron chi connectivity index (χ3n) is 4.03. The molecule has 3 N–H and O–H groups in total. The third kappa shape index (κ3) is 3.70. The zero-order valence-electron chi connectivity index (χ0n) is 11.7. The fraction of sp³-hybridized carbons (Fsp3) is 1.00. The maximum Gasteiger partial charge on any atom is 0.279 e. The van der Waals surface area contributed by atoms with Crippen LogP contribution in [0, 0.1) is 5.92 Å². The summed E-state index contributed by atoms with van der Waals surface area (Å²) in [4.78, 5) is 0. The van der Waals surface area contributed by atoms with Crippen molar-refractivity contribution in [2.75, 3.05) is 31.1 Å². The molecule has 2 heterocycles. The van der Waals surface area contributed by atoms with Crippen LogP contribution >= 0.6 is 0 Å². The van der Waals surface area contributed by atoms with E-state index in [2.05, 4.69) is 4.72 Å². The summed E-state index contributed by atoms with van der Waals surface area (Å²) in [6.07, 6.45) is 2.05. The first-order chi connectivity index (χ1) is 9.16. The molecule has 0 bridgehead atoms. The van der Waals surface area contributed by atoms with Gasteiger partial charge in [0.15, 0.2) is 9.84 Å². The minimum Gasteiger partial charge on any atom is -0.330 e. The van der Waals surface area contributed by atoms with Crippen LogP contribution in [0.3, 0.4) is 0 Å². The van der Waals surface area contributed by atoms with Gasteiger partial charge in [0.2, 0.25) is 0 Å². The molecule has 0 radical (unpaired) electrons. The van der Waals surface area contributed by atoms with Crippen LogP contribution in [0.4, 0.5) is 0 Å². The van der Waals surface area contributed by atoms with E-state index in [0.29, 0.717) is 26.1 Å². The van der Waals surface area contributed by atoms with E-state index in [0.717, 1.165) is 12.8 Å². The van der Waals surface area contributed by atoms with Crippen molar-refractivity contribution >= 4 is 20.0 Å². The summed E-state index contributed by atoms with van der Waals surface area (Å²) < 4.78 is 51.9. The van der Waals surface area contributed by atoms with E-state index in [9.17, 15) is 16.8 Å². The molecule has 2 rings (SSSR count). The van der Waals surface area contributed by atoms with Crippen molar-refractivity contribution in [3.63, 3.8) is 0 Å². The standard InChI is InChI=1S/C11H23N3O4S2/c1-11(4-6-19(15,16)9-11)13-20(17,18)14-5-2-3-10(7-12)8-14/h10,13H,2-9,12H2,1H3. The molecule has 2 aliphatic rings. The molecule has 2 saturated heterocycles. The summed E-state index contributed by atoms with van der Waals surface area (Å²) >= 11 is 0. The van der Waals surface area contributed by atoms with Crippen molar-refractivity contribution in [2.45, 2.75) is 31.7 Å². The maximum atomic E-state index is 12.4. The Kier molecular flexibility index (Phi) is 4.46. The van der Waals surface area contributed by atoms with Crippen molar-refractivity contribution in [3.8, 4) is 0 Å². The first-order valence-corrected chi connectivity index (χ1v) is 10.1. The topological polar surface area (TPSA) is 110 Å². The number of hydrogen-bond donors (Lipinski definition) is 2. The molecule has 2 fully saturated rings. The average molecular weight is 325 g/mol. The van der Waals surface area contributed by atoms with Gasteiger partial charge in [-0.15, -0.1) is 0 Å². The van der Waals surface area contributed by atoms with Crippen LogP contribution in [-0.2, 0) is 20.0 Å². The van der Waals surface area contributed by atoms with Crippen molar-refractivity contribution in [1.29, 1.82) is 0 Å². The monoisotopic (exact) mass is 325 g/mol. The van der Waals surface area contributed by atoms with Gasteiger partial charge >= 0.3 is 0 Å². The molecule has 0 aromatic heterocycles. The van der Waals surface area contributed by atoms with Crippen LogP contribution in [0.25, 0.3) is 0 Å². The lowest BCUT2D eigenvalue weighted by Gasteiger charge is -2.34. The first kappa shape index (κ1) is 16.2. The Morgan fingerprint density at radius 3 is 2.70 bits per heavy atom. The summed E-state index contributed by atoms with van der Waals surface area (Å²) in [6, 6.07) is 0. The van der Waals surface area contributed by atoms with Crippen LogP contribution in [0.5, 0.6) is 0 Å². The van der Waals surface area contributed by atoms with E-state index in [1.54, 1.807) is 6.92 Å². The van der Waals surface area contributed by atoms with Crippen LogP contribution in [0.2, 0.25) is 0 Å². The number of nitrogens with one attached hydrogen (secondary N) is 1. The fourth-order valence-electron chi connectivity index (χ4n) is 2.90. The fourth-order valence-corrected chi connectivity index (χ4v) is 6.79. The SMILES string of the molecule is CC1(NS(=O)(=O)N2CCCC(CN)C2)CCS(=O)(=O)C1. The molecular weight excluding hydrogens is 302 g/mol. The third-order valence-corrected chi connectivity index (χ3v) is 7.70. The molecule has 0 aromatic rings. The second-order valence-electron chi connectivity index (χ2n) is 6.11. The maximum absolute atomic E-state index is 12.4. The van der Waals surface area contributed by atoms with Gasteiger partial charge < -0.3 is 5.73 Å². The number of piperidine rings is 1. The molecule has 0 amide bonds. The van der Waals surface area contributed by atoms with Gasteiger partial charge in [0, 0.05) is 18.6 Å². The molecule has 0 spiro atoms. The van der Waals surface area contributed by atoms with E-state index in [1.165, 1.54) is 4.31 Å². The predicted molar refractivity (Wildman–Crippen MR) is 77.1 cm³/mol. The molecule has 2 unspecified atom stereocenters. The van der Waals surface area contributed by atoms with Crippen molar-refractivity contribution in [2.24, 2.45) is 11.7 Å². The Balaban J connectivity index is 2.08. The summed E-state index contributed by atoms with van der Waals surface area (Å²) in [6.45, 7) is 3.00. The second kappa shape index (κ2) is 5.53. The van der Waals surface area contributed by atoms with Crippen molar-refractivity contribution in [1.82, 2.24) is 9.03 Å². The Morgan fingerprint density at radius 2 is 2.15 bits per heavy atom. The number of rotatable bonds is 4. The lowest BCUT2D eigenvalue weighted by Crippen LogP contribution is -2.54. The highest BCUT2D eigenvalue weighted by Gasteiger charge is 2.42. The molecule has 7 nitrogen and oxygen atoms in total. The summed E-state index contributed by atoms with van der Waals surface area (Å²) in [5, 5.41) is 0. The van der Waals surface area contributed by atoms with Gasteiger partial charge in [0.1, 0.15) is 0 Å². The molecule has 0 aromatic carbocycles. The molecule has 0 aliphatic carbocycles. The summed E-state index contributed by atoms with van der Waals surface area (Å²) in [5.74, 6) is 0.0885. The highest BCUT2D eigenvalue weighted by molar-refractivity contribution is 7.92. The van der Waals surface area contributed by atoms with E-state index >= 15 is 0 Å². The Morgan fingerprint density at radius 1 is 1.45 bits per heavy atom. The Labute approximate surface area is 121 Å². The molecule has 20 heavy (non-hydrogen) atoms. The highest BCUT2D eigenvalue weighted by atomic mass is 32.2. The zero-order valence-corrected chi connectivity index (χ0v) is 13.3. The minimum absolute atomic E-state index is 0.0391. The van der Waals surface area contributed by atoms with E-state index in [1.807, 2.05) is 0 Å². The van der Waals surface area contributed by atoms with Crippen LogP contribution < -0.4 is 10.5 Å². The molecule has 2 aliphatic heterocycles. The number of nitrogens with zero attached hydrogens (tertiary/aromatic N) is 1. The van der Waals surface area contributed by atoms with E-state index in [-0.39, 0.29) is 17.4 Å². The first-order valence-electron chi connectivity index (χ1n) is 6.85. The summed E-state index contributed by atoms with van der Waals surface area (Å²) in [7, 11) is -6.79. The van der Waals surface area contributed by atoms with Crippen molar-refractivity contribution in [3.05, 3.63) is 0 Å². The Bertz CT molecular complexity index is 560. The van der Waals surface area contributed by atoms with Crippen molar-refractivity contribution < 1.29 is 16.8 Å². The molecular formula is C11H23N3O4S2.